The fourth-order valence-electron chi connectivity index (χ4n) is 3.79. The van der Waals surface area contributed by atoms with E-state index < -0.39 is 0 Å². The molecule has 5 rings (SSSR count). The van der Waals surface area contributed by atoms with E-state index in [0.717, 1.165) is 47.6 Å². The van der Waals surface area contributed by atoms with E-state index in [1.807, 2.05) is 36.4 Å². The summed E-state index contributed by atoms with van der Waals surface area (Å²) in [6, 6.07) is 15.9. The van der Waals surface area contributed by atoms with E-state index >= 15 is 0 Å². The van der Waals surface area contributed by atoms with Gasteiger partial charge in [-0.3, -0.25) is 0 Å². The number of nitrogens with one attached hydrogen (secondary N) is 1. The SMILES string of the molecule is COc1ccc(Oc2nc3c(c(N4CCOCC4)n2)N=C(Nc2cccc(C)c2)C3)cc1. The maximum absolute atomic E-state index is 6.00. The lowest BCUT2D eigenvalue weighted by molar-refractivity contribution is 0.122. The van der Waals surface area contributed by atoms with Gasteiger partial charge in [-0.05, 0) is 48.9 Å². The summed E-state index contributed by atoms with van der Waals surface area (Å²) in [4.78, 5) is 16.4. The largest absolute Gasteiger partial charge is 0.497 e. The molecule has 1 N–H and O–H groups in total. The Morgan fingerprint density at radius 3 is 2.53 bits per heavy atom. The van der Waals surface area contributed by atoms with Crippen molar-refractivity contribution in [3.05, 3.63) is 59.8 Å². The van der Waals surface area contributed by atoms with Crippen molar-refractivity contribution in [2.45, 2.75) is 13.3 Å². The molecule has 1 fully saturated rings. The number of fused-ring (bicyclic) bond motifs is 1. The second-order valence-electron chi connectivity index (χ2n) is 7.73. The smallest absolute Gasteiger partial charge is 0.324 e. The van der Waals surface area contributed by atoms with Gasteiger partial charge in [-0.25, -0.2) is 4.99 Å². The molecule has 1 saturated heterocycles. The zero-order valence-electron chi connectivity index (χ0n) is 18.2. The Balaban J connectivity index is 1.44. The fourth-order valence-corrected chi connectivity index (χ4v) is 3.79. The Morgan fingerprint density at radius 2 is 1.78 bits per heavy atom. The number of benzene rings is 2. The third-order valence-corrected chi connectivity index (χ3v) is 5.38. The van der Waals surface area contributed by atoms with Crippen molar-refractivity contribution in [2.24, 2.45) is 4.99 Å². The Labute approximate surface area is 186 Å². The van der Waals surface area contributed by atoms with Crippen LogP contribution in [0.15, 0.2) is 53.5 Å². The van der Waals surface area contributed by atoms with Crippen LogP contribution >= 0.6 is 0 Å². The lowest BCUT2D eigenvalue weighted by Gasteiger charge is -2.28. The van der Waals surface area contributed by atoms with E-state index in [0.29, 0.717) is 31.4 Å². The Kier molecular flexibility index (Phi) is 5.60. The number of aromatic nitrogens is 2. The van der Waals surface area contributed by atoms with Crippen molar-refractivity contribution in [3.8, 4) is 17.5 Å². The van der Waals surface area contributed by atoms with Crippen molar-refractivity contribution in [3.63, 3.8) is 0 Å². The molecular formula is C24H25N5O3. The molecule has 32 heavy (non-hydrogen) atoms. The molecule has 1 aromatic heterocycles. The lowest BCUT2D eigenvalue weighted by atomic mass is 10.2. The molecule has 2 aliphatic rings. The van der Waals surface area contributed by atoms with Gasteiger partial charge >= 0.3 is 6.01 Å². The number of aryl methyl sites for hydroxylation is 1. The van der Waals surface area contributed by atoms with Gasteiger partial charge in [0.15, 0.2) is 5.82 Å². The summed E-state index contributed by atoms with van der Waals surface area (Å²) in [5, 5.41) is 3.42. The first-order chi connectivity index (χ1) is 15.7. The topological polar surface area (TPSA) is 81.1 Å². The maximum Gasteiger partial charge on any atom is 0.324 e. The number of hydrogen-bond donors (Lipinski definition) is 1. The molecule has 164 valence electrons. The third-order valence-electron chi connectivity index (χ3n) is 5.38. The van der Waals surface area contributed by atoms with Crippen LogP contribution in [0, 0.1) is 6.92 Å². The summed E-state index contributed by atoms with van der Waals surface area (Å²) >= 11 is 0. The normalized spacial score (nSPS) is 15.2. The molecule has 8 nitrogen and oxygen atoms in total. The van der Waals surface area contributed by atoms with Crippen LogP contribution < -0.4 is 19.7 Å². The number of morpholine rings is 1. The first-order valence-electron chi connectivity index (χ1n) is 10.6. The molecular weight excluding hydrogens is 406 g/mol. The highest BCUT2D eigenvalue weighted by molar-refractivity contribution is 6.03. The van der Waals surface area contributed by atoms with E-state index in [1.165, 1.54) is 5.56 Å². The van der Waals surface area contributed by atoms with Crippen LogP contribution in [0.25, 0.3) is 0 Å². The first kappa shape index (κ1) is 20.3. The van der Waals surface area contributed by atoms with Crippen LogP contribution in [0.5, 0.6) is 17.5 Å². The number of hydrogen-bond acceptors (Lipinski definition) is 8. The molecule has 0 saturated carbocycles. The summed E-state index contributed by atoms with van der Waals surface area (Å²) in [5.74, 6) is 3.04. The van der Waals surface area contributed by atoms with Gasteiger partial charge in [-0.15, -0.1) is 0 Å². The number of aliphatic imine (C=N–C) groups is 1. The van der Waals surface area contributed by atoms with Gasteiger partial charge < -0.3 is 24.4 Å². The first-order valence-corrected chi connectivity index (χ1v) is 10.6. The molecule has 0 unspecified atom stereocenters. The van der Waals surface area contributed by atoms with Gasteiger partial charge in [0.05, 0.1) is 32.4 Å². The quantitative estimate of drug-likeness (QED) is 0.651. The van der Waals surface area contributed by atoms with Crippen molar-refractivity contribution in [1.29, 1.82) is 0 Å². The zero-order chi connectivity index (χ0) is 21.9. The summed E-state index contributed by atoms with van der Waals surface area (Å²) in [6.07, 6.45) is 0.585. The van der Waals surface area contributed by atoms with Gasteiger partial charge in [0.1, 0.15) is 23.0 Å². The van der Waals surface area contributed by atoms with E-state index in [2.05, 4.69) is 34.3 Å². The highest BCUT2D eigenvalue weighted by Crippen LogP contribution is 2.37. The minimum atomic E-state index is 0.308. The van der Waals surface area contributed by atoms with Gasteiger partial charge in [-0.2, -0.15) is 9.97 Å². The van der Waals surface area contributed by atoms with E-state index in [4.69, 9.17) is 24.2 Å². The van der Waals surface area contributed by atoms with Crippen molar-refractivity contribution >= 4 is 23.0 Å². The Morgan fingerprint density at radius 1 is 1.00 bits per heavy atom. The fraction of sp³-hybridized carbons (Fsp3) is 0.292. The number of nitrogens with zero attached hydrogens (tertiary/aromatic N) is 4. The standard InChI is InChI=1S/C24H25N5O3/c1-16-4-3-5-17(14-16)25-21-15-20-22(27-21)23(29-10-12-31-13-11-29)28-24(26-20)32-19-8-6-18(30-2)7-9-19/h3-9,14H,10-13,15H2,1-2H3,(H,25,27). The van der Waals surface area contributed by atoms with E-state index in [9.17, 15) is 0 Å². The summed E-state index contributed by atoms with van der Waals surface area (Å²) in [6.45, 7) is 4.89. The predicted molar refractivity (Wildman–Crippen MR) is 124 cm³/mol. The number of amidine groups is 1. The van der Waals surface area contributed by atoms with Crippen LogP contribution in [0.4, 0.5) is 17.2 Å². The molecule has 8 heteroatoms. The highest BCUT2D eigenvalue weighted by atomic mass is 16.5. The van der Waals surface area contributed by atoms with Crippen LogP contribution in [0.1, 0.15) is 11.3 Å². The molecule has 2 aromatic carbocycles. The molecule has 0 spiro atoms. The molecule has 0 atom stereocenters. The maximum atomic E-state index is 6.00. The predicted octanol–water partition coefficient (Wildman–Crippen LogP) is 4.12. The van der Waals surface area contributed by atoms with Gasteiger partial charge in [0.25, 0.3) is 0 Å². The van der Waals surface area contributed by atoms with Gasteiger partial charge in [0.2, 0.25) is 0 Å². The highest BCUT2D eigenvalue weighted by Gasteiger charge is 2.27. The van der Waals surface area contributed by atoms with Crippen LogP contribution in [0.3, 0.4) is 0 Å². The molecule has 0 radical (unpaired) electrons. The number of ether oxygens (including phenoxy) is 3. The molecule has 0 amide bonds. The van der Waals surface area contributed by atoms with E-state index in [1.54, 1.807) is 7.11 Å². The average molecular weight is 431 g/mol. The Bertz CT molecular complexity index is 1140. The van der Waals surface area contributed by atoms with Crippen LogP contribution in [0.2, 0.25) is 0 Å². The molecule has 0 aliphatic carbocycles. The third kappa shape index (κ3) is 4.36. The number of rotatable bonds is 5. The summed E-state index contributed by atoms with van der Waals surface area (Å²) < 4.78 is 16.7. The molecule has 3 aromatic rings. The van der Waals surface area contributed by atoms with Crippen molar-refractivity contribution in [1.82, 2.24) is 9.97 Å². The Hall–Kier alpha value is -3.65. The van der Waals surface area contributed by atoms with Gasteiger partial charge in [0, 0.05) is 18.8 Å². The minimum Gasteiger partial charge on any atom is -0.497 e. The van der Waals surface area contributed by atoms with Crippen LogP contribution in [-0.4, -0.2) is 49.2 Å². The summed E-state index contributed by atoms with van der Waals surface area (Å²) in [5.41, 5.74) is 3.84. The lowest BCUT2D eigenvalue weighted by Crippen LogP contribution is -2.37. The monoisotopic (exact) mass is 431 g/mol. The number of anilines is 2. The average Bonchev–Trinajstić information content (AvgIpc) is 3.22. The van der Waals surface area contributed by atoms with E-state index in [-0.39, 0.29) is 0 Å². The molecule has 3 heterocycles. The molecule has 0 bridgehead atoms. The zero-order valence-corrected chi connectivity index (χ0v) is 18.2. The minimum absolute atomic E-state index is 0.308. The molecule has 2 aliphatic heterocycles. The number of methoxy groups -OCH3 is 1. The van der Waals surface area contributed by atoms with Crippen molar-refractivity contribution < 1.29 is 14.2 Å². The second-order valence-corrected chi connectivity index (χ2v) is 7.73. The van der Waals surface area contributed by atoms with Gasteiger partial charge in [-0.1, -0.05) is 12.1 Å². The second kappa shape index (κ2) is 8.84. The summed E-state index contributed by atoms with van der Waals surface area (Å²) in [7, 11) is 1.64. The van der Waals surface area contributed by atoms with Crippen molar-refractivity contribution in [2.75, 3.05) is 43.6 Å². The van der Waals surface area contributed by atoms with Crippen LogP contribution in [-0.2, 0) is 11.2 Å².